The van der Waals surface area contributed by atoms with E-state index in [9.17, 15) is 18.0 Å². The number of benzene rings is 4. The van der Waals surface area contributed by atoms with Gasteiger partial charge >= 0.3 is 0 Å². The summed E-state index contributed by atoms with van der Waals surface area (Å²) in [7, 11) is -4.23. The summed E-state index contributed by atoms with van der Waals surface area (Å²) in [5.74, 6) is -1.62. The zero-order valence-corrected chi connectivity index (χ0v) is 27.1. The fraction of sp³-hybridized carbons (Fsp3) is 0.278. The highest BCUT2D eigenvalue weighted by Crippen LogP contribution is 2.28. The SMILES string of the molecule is Cc1ccc(S(=O)(=O)N(CC(=O)N(Cc2ccccc2F)[C@H](Cc2ccccc2)C(=O)NC(C)(C)C)c2ccccc2C)cc1. The summed E-state index contributed by atoms with van der Waals surface area (Å²) < 4.78 is 44.5. The maximum absolute atomic E-state index is 15.1. The van der Waals surface area contributed by atoms with Crippen molar-refractivity contribution in [1.82, 2.24) is 10.2 Å². The molecule has 0 aliphatic heterocycles. The number of halogens is 1. The van der Waals surface area contributed by atoms with Crippen molar-refractivity contribution in [2.45, 2.75) is 64.1 Å². The Morgan fingerprint density at radius 3 is 2.04 bits per heavy atom. The van der Waals surface area contributed by atoms with E-state index in [2.05, 4.69) is 5.32 Å². The summed E-state index contributed by atoms with van der Waals surface area (Å²) in [6.45, 7) is 8.28. The van der Waals surface area contributed by atoms with Crippen LogP contribution in [0.15, 0.2) is 108 Å². The summed E-state index contributed by atoms with van der Waals surface area (Å²) in [4.78, 5) is 29.7. The minimum Gasteiger partial charge on any atom is -0.350 e. The molecule has 0 heterocycles. The van der Waals surface area contributed by atoms with Crippen LogP contribution < -0.4 is 9.62 Å². The molecule has 0 unspecified atom stereocenters. The number of hydrogen-bond acceptors (Lipinski definition) is 4. The largest absolute Gasteiger partial charge is 0.350 e. The minimum atomic E-state index is -4.23. The van der Waals surface area contributed by atoms with Crippen LogP contribution in [0.4, 0.5) is 10.1 Å². The van der Waals surface area contributed by atoms with E-state index in [1.165, 1.54) is 23.1 Å². The summed E-state index contributed by atoms with van der Waals surface area (Å²) in [6, 6.07) is 27.5. The fourth-order valence-electron chi connectivity index (χ4n) is 5.01. The molecule has 0 saturated heterocycles. The second-order valence-corrected chi connectivity index (χ2v) is 14.0. The first-order chi connectivity index (χ1) is 21.3. The normalized spacial score (nSPS) is 12.3. The molecule has 45 heavy (non-hydrogen) atoms. The Hall–Kier alpha value is -4.50. The van der Waals surface area contributed by atoms with Gasteiger partial charge in [0.15, 0.2) is 0 Å². The zero-order valence-electron chi connectivity index (χ0n) is 26.3. The predicted octanol–water partition coefficient (Wildman–Crippen LogP) is 6.19. The lowest BCUT2D eigenvalue weighted by molar-refractivity contribution is -0.140. The van der Waals surface area contributed by atoms with Crippen LogP contribution in [0.25, 0.3) is 0 Å². The molecular weight excluding hydrogens is 589 g/mol. The highest BCUT2D eigenvalue weighted by atomic mass is 32.2. The number of amides is 2. The van der Waals surface area contributed by atoms with Gasteiger partial charge in [-0.3, -0.25) is 13.9 Å². The third kappa shape index (κ3) is 8.57. The van der Waals surface area contributed by atoms with E-state index in [-0.39, 0.29) is 23.4 Å². The standard InChI is InChI=1S/C36H40FN3O4S/c1-26-19-21-30(22-20-26)45(43,44)40(32-18-12-9-13-27(32)2)25-34(41)39(24-29-16-10-11-17-31(29)37)33(35(42)38-36(3,4)5)23-28-14-7-6-8-15-28/h6-22,33H,23-25H2,1-5H3,(H,38,42)/t33-/m1/s1. The van der Waals surface area contributed by atoms with Crippen molar-refractivity contribution in [3.8, 4) is 0 Å². The van der Waals surface area contributed by atoms with Crippen LogP contribution in [0.1, 0.15) is 43.0 Å². The van der Waals surface area contributed by atoms with E-state index in [0.29, 0.717) is 11.3 Å². The molecule has 0 saturated carbocycles. The summed E-state index contributed by atoms with van der Waals surface area (Å²) in [6.07, 6.45) is 0.137. The van der Waals surface area contributed by atoms with Gasteiger partial charge < -0.3 is 10.2 Å². The highest BCUT2D eigenvalue weighted by Gasteiger charge is 2.36. The number of hydrogen-bond donors (Lipinski definition) is 1. The van der Waals surface area contributed by atoms with Gasteiger partial charge in [-0.2, -0.15) is 0 Å². The molecular formula is C36H40FN3O4S. The molecule has 7 nitrogen and oxygen atoms in total. The number of carbonyl (C=O) groups is 2. The molecule has 0 radical (unpaired) electrons. The van der Waals surface area contributed by atoms with Gasteiger partial charge in [0, 0.05) is 24.1 Å². The molecule has 2 amide bonds. The Morgan fingerprint density at radius 1 is 0.822 bits per heavy atom. The molecule has 236 valence electrons. The van der Waals surface area contributed by atoms with Crippen molar-refractivity contribution in [1.29, 1.82) is 0 Å². The van der Waals surface area contributed by atoms with E-state index in [0.717, 1.165) is 15.4 Å². The summed E-state index contributed by atoms with van der Waals surface area (Å²) in [5, 5.41) is 2.97. The summed E-state index contributed by atoms with van der Waals surface area (Å²) in [5.41, 5.74) is 2.24. The number of nitrogens with zero attached hydrogens (tertiary/aromatic N) is 2. The first kappa shape index (κ1) is 33.4. The van der Waals surface area contributed by atoms with E-state index in [1.54, 1.807) is 61.5 Å². The van der Waals surface area contributed by atoms with Gasteiger partial charge in [-0.05, 0) is 70.0 Å². The number of aryl methyl sites for hydroxylation is 2. The first-order valence-electron chi connectivity index (χ1n) is 14.8. The number of rotatable bonds is 11. The molecule has 9 heteroatoms. The molecule has 1 atom stereocenters. The summed E-state index contributed by atoms with van der Waals surface area (Å²) >= 11 is 0. The highest BCUT2D eigenvalue weighted by molar-refractivity contribution is 7.92. The maximum atomic E-state index is 15.1. The molecule has 0 bridgehead atoms. The number of carbonyl (C=O) groups excluding carboxylic acids is 2. The van der Waals surface area contributed by atoms with Gasteiger partial charge in [0.05, 0.1) is 10.6 Å². The molecule has 4 rings (SSSR count). The fourth-order valence-corrected chi connectivity index (χ4v) is 6.49. The number of sulfonamides is 1. The van der Waals surface area contributed by atoms with Gasteiger partial charge in [-0.25, -0.2) is 12.8 Å². The molecule has 4 aromatic rings. The van der Waals surface area contributed by atoms with E-state index in [4.69, 9.17) is 0 Å². The number of nitrogens with one attached hydrogen (secondary N) is 1. The lowest BCUT2D eigenvalue weighted by Gasteiger charge is -2.35. The number of para-hydroxylation sites is 1. The van der Waals surface area contributed by atoms with Crippen LogP contribution in [0, 0.1) is 19.7 Å². The Labute approximate surface area is 265 Å². The van der Waals surface area contributed by atoms with Crippen molar-refractivity contribution in [2.24, 2.45) is 0 Å². The van der Waals surface area contributed by atoms with Gasteiger partial charge in [0.2, 0.25) is 11.8 Å². The van der Waals surface area contributed by atoms with Crippen molar-refractivity contribution >= 4 is 27.5 Å². The lowest BCUT2D eigenvalue weighted by atomic mass is 10.0. The van der Waals surface area contributed by atoms with Crippen LogP contribution in [0.3, 0.4) is 0 Å². The third-order valence-corrected chi connectivity index (χ3v) is 9.11. The van der Waals surface area contributed by atoms with Crippen molar-refractivity contribution in [2.75, 3.05) is 10.8 Å². The molecule has 1 N–H and O–H groups in total. The lowest BCUT2D eigenvalue weighted by Crippen LogP contribution is -2.56. The second-order valence-electron chi connectivity index (χ2n) is 12.2. The Morgan fingerprint density at radius 2 is 1.42 bits per heavy atom. The predicted molar refractivity (Wildman–Crippen MR) is 176 cm³/mol. The second kappa shape index (κ2) is 14.1. The minimum absolute atomic E-state index is 0.0242. The maximum Gasteiger partial charge on any atom is 0.264 e. The molecule has 0 aliphatic carbocycles. The number of anilines is 1. The quantitative estimate of drug-likeness (QED) is 0.214. The van der Waals surface area contributed by atoms with Gasteiger partial charge in [0.1, 0.15) is 18.4 Å². The molecule has 4 aromatic carbocycles. The Balaban J connectivity index is 1.84. The van der Waals surface area contributed by atoms with Crippen molar-refractivity contribution in [3.05, 3.63) is 131 Å². The topological polar surface area (TPSA) is 86.8 Å². The van der Waals surface area contributed by atoms with E-state index in [1.807, 2.05) is 58.0 Å². The smallest absolute Gasteiger partial charge is 0.264 e. The first-order valence-corrected chi connectivity index (χ1v) is 16.2. The van der Waals surface area contributed by atoms with Gasteiger partial charge in [-0.15, -0.1) is 0 Å². The van der Waals surface area contributed by atoms with Crippen molar-refractivity contribution in [3.63, 3.8) is 0 Å². The average Bonchev–Trinajstić information content (AvgIpc) is 2.98. The molecule has 0 spiro atoms. The van der Waals surface area contributed by atoms with Crippen molar-refractivity contribution < 1.29 is 22.4 Å². The van der Waals surface area contributed by atoms with Gasteiger partial charge in [-0.1, -0.05) is 84.4 Å². The molecule has 0 aliphatic rings. The molecule has 0 fully saturated rings. The average molecular weight is 630 g/mol. The van der Waals surface area contributed by atoms with Crippen LogP contribution in [0.2, 0.25) is 0 Å². The van der Waals surface area contributed by atoms with Crippen LogP contribution in [-0.2, 0) is 32.6 Å². The van der Waals surface area contributed by atoms with E-state index >= 15 is 4.39 Å². The third-order valence-electron chi connectivity index (χ3n) is 7.34. The van der Waals surface area contributed by atoms with E-state index < -0.39 is 45.8 Å². The van der Waals surface area contributed by atoms with Gasteiger partial charge in [0.25, 0.3) is 10.0 Å². The monoisotopic (exact) mass is 629 g/mol. The Kier molecular flexibility index (Phi) is 10.4. The zero-order chi connectivity index (χ0) is 32.8. The van der Waals surface area contributed by atoms with Crippen LogP contribution in [0.5, 0.6) is 0 Å². The van der Waals surface area contributed by atoms with Crippen LogP contribution >= 0.6 is 0 Å². The van der Waals surface area contributed by atoms with Crippen LogP contribution in [-0.4, -0.2) is 43.3 Å². The Bertz CT molecular complexity index is 1740. The molecule has 0 aromatic heterocycles.